The number of carbonyl (C=O) groups is 1. The largest absolute Gasteiger partial charge is 0.477 e. The van der Waals surface area contributed by atoms with E-state index in [0.717, 1.165) is 11.3 Å². The van der Waals surface area contributed by atoms with Gasteiger partial charge in [-0.1, -0.05) is 0 Å². The van der Waals surface area contributed by atoms with Crippen LogP contribution in [0.5, 0.6) is 0 Å². The third-order valence-corrected chi connectivity index (χ3v) is 3.73. The Labute approximate surface area is 82.3 Å². The number of carboxylic acid groups (broad SMARTS) is 1. The van der Waals surface area contributed by atoms with Crippen molar-refractivity contribution in [1.82, 2.24) is 0 Å². The second kappa shape index (κ2) is 3.20. The summed E-state index contributed by atoms with van der Waals surface area (Å²) in [4.78, 5) is 10.3. The van der Waals surface area contributed by atoms with E-state index < -0.39 is 11.8 Å². The Morgan fingerprint density at radius 1 is 1.55 bits per heavy atom. The van der Waals surface area contributed by atoms with Gasteiger partial charge in [0.25, 0.3) is 0 Å². The summed E-state index contributed by atoms with van der Waals surface area (Å²) in [6, 6.07) is 0. The van der Waals surface area contributed by atoms with Gasteiger partial charge < -0.3 is 5.11 Å². The van der Waals surface area contributed by atoms with E-state index in [1.54, 1.807) is 0 Å². The zero-order chi connectivity index (χ0) is 8.59. The molecule has 0 radical (unpaired) electrons. The minimum atomic E-state index is -1.13. The average molecular weight is 304 g/mol. The molecule has 0 atom stereocenters. The van der Waals surface area contributed by atoms with Crippen LogP contribution in [0.2, 0.25) is 0 Å². The van der Waals surface area contributed by atoms with Crippen molar-refractivity contribution in [2.45, 2.75) is 0 Å². The van der Waals surface area contributed by atoms with Gasteiger partial charge in [-0.05, 0) is 31.9 Å². The van der Waals surface area contributed by atoms with Crippen molar-refractivity contribution < 1.29 is 14.3 Å². The molecule has 1 N–H and O–H groups in total. The number of rotatable bonds is 1. The summed E-state index contributed by atoms with van der Waals surface area (Å²) in [5.74, 6) is -1.70. The molecule has 1 heterocycles. The molecule has 0 bridgehead atoms. The highest BCUT2D eigenvalue weighted by molar-refractivity contribution is 9.11. The van der Waals surface area contributed by atoms with Gasteiger partial charge in [-0.3, -0.25) is 0 Å². The molecule has 0 fully saturated rings. The fraction of sp³-hybridized carbons (Fsp3) is 0. The summed E-state index contributed by atoms with van der Waals surface area (Å²) in [6.45, 7) is 0. The molecule has 0 aliphatic carbocycles. The van der Waals surface area contributed by atoms with Gasteiger partial charge >= 0.3 is 5.97 Å². The van der Waals surface area contributed by atoms with Crippen molar-refractivity contribution in [1.29, 1.82) is 0 Å². The lowest BCUT2D eigenvalue weighted by atomic mass is 10.5. The molecule has 60 valence electrons. The van der Waals surface area contributed by atoms with Gasteiger partial charge in [-0.15, -0.1) is 11.3 Å². The first kappa shape index (κ1) is 9.15. The Morgan fingerprint density at radius 3 is 2.27 bits per heavy atom. The van der Waals surface area contributed by atoms with Crippen molar-refractivity contribution >= 4 is 49.2 Å². The number of halogens is 3. The summed E-state index contributed by atoms with van der Waals surface area (Å²) in [5.41, 5.74) is 0. The topological polar surface area (TPSA) is 37.3 Å². The predicted octanol–water partition coefficient (Wildman–Crippen LogP) is 3.11. The van der Waals surface area contributed by atoms with Crippen LogP contribution in [0.25, 0.3) is 0 Å². The number of carboxylic acids is 1. The molecule has 1 aromatic heterocycles. The highest BCUT2D eigenvalue weighted by Crippen LogP contribution is 2.35. The standard InChI is InChI=1S/C5HBr2FO2S/c6-1-2(8)4(7)11-3(1)5(9)10/h(H,9,10). The van der Waals surface area contributed by atoms with Crippen molar-refractivity contribution in [2.75, 3.05) is 0 Å². The van der Waals surface area contributed by atoms with Crippen molar-refractivity contribution in [2.24, 2.45) is 0 Å². The van der Waals surface area contributed by atoms with Gasteiger partial charge in [0.1, 0.15) is 8.66 Å². The molecule has 0 saturated carbocycles. The number of hydrogen-bond donors (Lipinski definition) is 1. The Bertz CT molecular complexity index is 310. The van der Waals surface area contributed by atoms with E-state index in [4.69, 9.17) is 5.11 Å². The van der Waals surface area contributed by atoms with E-state index in [1.165, 1.54) is 0 Å². The Morgan fingerprint density at radius 2 is 2.09 bits per heavy atom. The van der Waals surface area contributed by atoms with Crippen LogP contribution in [0.3, 0.4) is 0 Å². The molecule has 6 heteroatoms. The Kier molecular flexibility index (Phi) is 2.66. The van der Waals surface area contributed by atoms with Gasteiger partial charge in [0.15, 0.2) is 5.82 Å². The molecule has 0 aliphatic rings. The zero-order valence-corrected chi connectivity index (χ0v) is 8.89. The van der Waals surface area contributed by atoms with E-state index in [9.17, 15) is 9.18 Å². The van der Waals surface area contributed by atoms with Crippen LogP contribution >= 0.6 is 43.2 Å². The first-order valence-corrected chi connectivity index (χ1v) is 4.81. The maximum absolute atomic E-state index is 12.8. The smallest absolute Gasteiger partial charge is 0.347 e. The zero-order valence-electron chi connectivity index (χ0n) is 4.90. The third-order valence-electron chi connectivity index (χ3n) is 0.951. The Balaban J connectivity index is 3.29. The molecule has 2 nitrogen and oxygen atoms in total. The van der Waals surface area contributed by atoms with Gasteiger partial charge in [-0.25, -0.2) is 9.18 Å². The van der Waals surface area contributed by atoms with Crippen molar-refractivity contribution in [3.05, 3.63) is 19.0 Å². The van der Waals surface area contributed by atoms with Gasteiger partial charge in [-0.2, -0.15) is 0 Å². The lowest BCUT2D eigenvalue weighted by molar-refractivity contribution is 0.0701. The number of hydrogen-bond acceptors (Lipinski definition) is 2. The molecule has 0 aliphatic heterocycles. The highest BCUT2D eigenvalue weighted by atomic mass is 79.9. The number of aromatic carboxylic acids is 1. The lowest BCUT2D eigenvalue weighted by Crippen LogP contribution is -1.92. The Hall–Kier alpha value is 0.0600. The molecular formula is C5HBr2FO2S. The number of thiophene rings is 1. The maximum Gasteiger partial charge on any atom is 0.347 e. The van der Waals surface area contributed by atoms with E-state index in [-0.39, 0.29) is 13.1 Å². The predicted molar refractivity (Wildman–Crippen MR) is 46.6 cm³/mol. The van der Waals surface area contributed by atoms with Crippen LogP contribution in [-0.2, 0) is 0 Å². The van der Waals surface area contributed by atoms with Crippen LogP contribution in [0.15, 0.2) is 8.26 Å². The molecule has 11 heavy (non-hydrogen) atoms. The summed E-state index contributed by atoms with van der Waals surface area (Å²) in [6.07, 6.45) is 0. The van der Waals surface area contributed by atoms with E-state index in [1.807, 2.05) is 0 Å². The molecule has 0 unspecified atom stereocenters. The van der Waals surface area contributed by atoms with E-state index >= 15 is 0 Å². The van der Waals surface area contributed by atoms with Crippen molar-refractivity contribution in [3.63, 3.8) is 0 Å². The molecule has 0 saturated heterocycles. The molecular weight excluding hydrogens is 303 g/mol. The average Bonchev–Trinajstić information content (AvgIpc) is 2.17. The van der Waals surface area contributed by atoms with Crippen LogP contribution in [0.4, 0.5) is 4.39 Å². The molecule has 0 spiro atoms. The van der Waals surface area contributed by atoms with Gasteiger partial charge in [0, 0.05) is 0 Å². The first-order valence-electron chi connectivity index (χ1n) is 2.40. The van der Waals surface area contributed by atoms with Crippen LogP contribution in [-0.4, -0.2) is 11.1 Å². The monoisotopic (exact) mass is 302 g/mol. The van der Waals surface area contributed by atoms with Gasteiger partial charge in [0.05, 0.1) is 4.47 Å². The fourth-order valence-electron chi connectivity index (χ4n) is 0.503. The fourth-order valence-corrected chi connectivity index (χ4v) is 2.83. The minimum Gasteiger partial charge on any atom is -0.477 e. The lowest BCUT2D eigenvalue weighted by Gasteiger charge is -1.85. The van der Waals surface area contributed by atoms with Crippen molar-refractivity contribution in [3.8, 4) is 0 Å². The first-order chi connectivity index (χ1) is 5.04. The van der Waals surface area contributed by atoms with E-state index in [2.05, 4.69) is 31.9 Å². The molecule has 1 rings (SSSR count). The van der Waals surface area contributed by atoms with Gasteiger partial charge in [0.2, 0.25) is 0 Å². The molecule has 1 aromatic rings. The summed E-state index contributed by atoms with van der Waals surface area (Å²) in [5, 5.41) is 8.50. The maximum atomic E-state index is 12.8. The normalized spacial score (nSPS) is 10.1. The van der Waals surface area contributed by atoms with E-state index in [0.29, 0.717) is 0 Å². The molecule has 0 amide bonds. The molecule has 0 aromatic carbocycles. The second-order valence-electron chi connectivity index (χ2n) is 1.64. The highest BCUT2D eigenvalue weighted by Gasteiger charge is 2.18. The summed E-state index contributed by atoms with van der Waals surface area (Å²) in [7, 11) is 0. The minimum absolute atomic E-state index is 0.00174. The summed E-state index contributed by atoms with van der Waals surface area (Å²) >= 11 is 6.56. The third kappa shape index (κ3) is 1.62. The quantitative estimate of drug-likeness (QED) is 0.865. The second-order valence-corrected chi connectivity index (χ2v) is 4.77. The van der Waals surface area contributed by atoms with Crippen LogP contribution < -0.4 is 0 Å². The SMILES string of the molecule is O=C(O)c1sc(Br)c(F)c1Br. The summed E-state index contributed by atoms with van der Waals surface area (Å²) < 4.78 is 13.0. The van der Waals surface area contributed by atoms with Crippen LogP contribution in [0, 0.1) is 5.82 Å². The van der Waals surface area contributed by atoms with Crippen LogP contribution in [0.1, 0.15) is 9.67 Å².